The molecule has 1 aromatic rings. The normalized spacial score (nSPS) is 14.6. The summed E-state index contributed by atoms with van der Waals surface area (Å²) in [6.45, 7) is 6.22. The summed E-state index contributed by atoms with van der Waals surface area (Å²) in [5, 5.41) is 12.9. The number of carbonyl (C=O) groups excluding carboxylic acids is 1. The predicted octanol–water partition coefficient (Wildman–Crippen LogP) is 3.21. The fourth-order valence-corrected chi connectivity index (χ4v) is 2.85. The minimum absolute atomic E-state index is 0.0209. The number of hydrogen-bond acceptors (Lipinski definition) is 2. The third-order valence-electron chi connectivity index (χ3n) is 4.20. The Morgan fingerprint density at radius 1 is 1.41 bits per heavy atom. The number of urea groups is 1. The summed E-state index contributed by atoms with van der Waals surface area (Å²) in [6.07, 6.45) is 2.63. The molecule has 2 N–H and O–H groups in total. The second kappa shape index (κ2) is 7.34. The maximum Gasteiger partial charge on any atom is 0.317 e. The molecule has 2 amide bonds. The maximum absolute atomic E-state index is 12.2. The SMILES string of the molecule is CC(C)(CO)CCCNC(=O)N1CCc2ccc(Cl)cc2C1. The number of carbonyl (C=O) groups is 1. The van der Waals surface area contributed by atoms with Gasteiger partial charge in [0, 0.05) is 31.3 Å². The van der Waals surface area contributed by atoms with Crippen molar-refractivity contribution in [3.63, 3.8) is 0 Å². The highest BCUT2D eigenvalue weighted by Gasteiger charge is 2.21. The van der Waals surface area contributed by atoms with E-state index in [9.17, 15) is 9.90 Å². The van der Waals surface area contributed by atoms with Gasteiger partial charge in [0.15, 0.2) is 0 Å². The van der Waals surface area contributed by atoms with Crippen LogP contribution in [0.2, 0.25) is 5.02 Å². The molecule has 0 spiro atoms. The number of nitrogens with zero attached hydrogens (tertiary/aromatic N) is 1. The van der Waals surface area contributed by atoms with Crippen LogP contribution in [0.5, 0.6) is 0 Å². The third kappa shape index (κ3) is 4.62. The lowest BCUT2D eigenvalue weighted by Gasteiger charge is -2.29. The van der Waals surface area contributed by atoms with Gasteiger partial charge in [0.1, 0.15) is 0 Å². The number of fused-ring (bicyclic) bond motifs is 1. The lowest BCUT2D eigenvalue weighted by atomic mass is 9.89. The van der Waals surface area contributed by atoms with Crippen LogP contribution in [0.4, 0.5) is 4.79 Å². The maximum atomic E-state index is 12.2. The molecule has 22 heavy (non-hydrogen) atoms. The molecule has 0 fully saturated rings. The fraction of sp³-hybridized carbons (Fsp3) is 0.588. The van der Waals surface area contributed by atoms with Crippen molar-refractivity contribution in [2.75, 3.05) is 19.7 Å². The smallest absolute Gasteiger partial charge is 0.317 e. The standard InChI is InChI=1S/C17H25ClN2O2/c1-17(2,12-21)7-3-8-19-16(22)20-9-6-13-4-5-15(18)10-14(13)11-20/h4-5,10,21H,3,6-9,11-12H2,1-2H3,(H,19,22). The minimum atomic E-state index is -0.0778. The summed E-state index contributed by atoms with van der Waals surface area (Å²) >= 11 is 6.02. The van der Waals surface area contributed by atoms with Crippen LogP contribution in [0.15, 0.2) is 18.2 Å². The Kier molecular flexibility index (Phi) is 5.70. The first-order chi connectivity index (χ1) is 10.4. The second-order valence-corrected chi connectivity index (χ2v) is 7.18. The van der Waals surface area contributed by atoms with Gasteiger partial charge in [0.25, 0.3) is 0 Å². The monoisotopic (exact) mass is 324 g/mol. The summed E-state index contributed by atoms with van der Waals surface area (Å²) in [4.78, 5) is 14.0. The zero-order chi connectivity index (χ0) is 16.2. The average molecular weight is 325 g/mol. The van der Waals surface area contributed by atoms with Crippen molar-refractivity contribution >= 4 is 17.6 Å². The number of halogens is 1. The van der Waals surface area contributed by atoms with Crippen molar-refractivity contribution in [3.05, 3.63) is 34.3 Å². The Morgan fingerprint density at radius 2 is 2.18 bits per heavy atom. The van der Waals surface area contributed by atoms with Gasteiger partial charge in [0.2, 0.25) is 0 Å². The third-order valence-corrected chi connectivity index (χ3v) is 4.44. The van der Waals surface area contributed by atoms with Crippen LogP contribution in [0.25, 0.3) is 0 Å². The lowest BCUT2D eigenvalue weighted by molar-refractivity contribution is 0.147. The number of nitrogens with one attached hydrogen (secondary N) is 1. The van der Waals surface area contributed by atoms with E-state index in [2.05, 4.69) is 5.32 Å². The summed E-state index contributed by atoms with van der Waals surface area (Å²) in [7, 11) is 0. The molecule has 122 valence electrons. The molecule has 1 aliphatic heterocycles. The van der Waals surface area contributed by atoms with E-state index in [0.717, 1.165) is 31.4 Å². The fourth-order valence-electron chi connectivity index (χ4n) is 2.65. The highest BCUT2D eigenvalue weighted by Crippen LogP contribution is 2.23. The van der Waals surface area contributed by atoms with Gasteiger partial charge in [-0.3, -0.25) is 0 Å². The molecule has 0 atom stereocenters. The van der Waals surface area contributed by atoms with Gasteiger partial charge in [-0.25, -0.2) is 4.79 Å². The minimum Gasteiger partial charge on any atom is -0.396 e. The molecule has 1 heterocycles. The molecular formula is C17H25ClN2O2. The summed E-state index contributed by atoms with van der Waals surface area (Å²) in [6, 6.07) is 5.87. The van der Waals surface area contributed by atoms with Crippen LogP contribution in [-0.4, -0.2) is 35.7 Å². The summed E-state index contributed by atoms with van der Waals surface area (Å²) in [5.41, 5.74) is 2.33. The highest BCUT2D eigenvalue weighted by molar-refractivity contribution is 6.30. The number of rotatable bonds is 5. The topological polar surface area (TPSA) is 52.6 Å². The molecule has 1 aliphatic rings. The predicted molar refractivity (Wildman–Crippen MR) is 89.1 cm³/mol. The second-order valence-electron chi connectivity index (χ2n) is 6.74. The van der Waals surface area contributed by atoms with Crippen LogP contribution in [0.1, 0.15) is 37.8 Å². The van der Waals surface area contributed by atoms with Crippen molar-refractivity contribution in [1.82, 2.24) is 10.2 Å². The zero-order valence-corrected chi connectivity index (χ0v) is 14.1. The van der Waals surface area contributed by atoms with Gasteiger partial charge in [-0.05, 0) is 47.9 Å². The number of benzene rings is 1. The Hall–Kier alpha value is -1.26. The quantitative estimate of drug-likeness (QED) is 0.817. The van der Waals surface area contributed by atoms with Crippen molar-refractivity contribution < 1.29 is 9.90 Å². The average Bonchev–Trinajstić information content (AvgIpc) is 2.50. The van der Waals surface area contributed by atoms with E-state index in [1.165, 1.54) is 5.56 Å². The summed E-state index contributed by atoms with van der Waals surface area (Å²) < 4.78 is 0. The van der Waals surface area contributed by atoms with Gasteiger partial charge >= 0.3 is 6.03 Å². The van der Waals surface area contributed by atoms with E-state index in [1.807, 2.05) is 36.9 Å². The Morgan fingerprint density at radius 3 is 2.91 bits per heavy atom. The van der Waals surface area contributed by atoms with Gasteiger partial charge in [0.05, 0.1) is 0 Å². The first-order valence-corrected chi connectivity index (χ1v) is 8.20. The van der Waals surface area contributed by atoms with Gasteiger partial charge in [-0.2, -0.15) is 0 Å². The molecule has 0 aromatic heterocycles. The van der Waals surface area contributed by atoms with Crippen molar-refractivity contribution in [2.24, 2.45) is 5.41 Å². The molecule has 0 unspecified atom stereocenters. The largest absolute Gasteiger partial charge is 0.396 e. The van der Waals surface area contributed by atoms with E-state index in [1.54, 1.807) is 0 Å². The zero-order valence-electron chi connectivity index (χ0n) is 13.4. The van der Waals surface area contributed by atoms with Gasteiger partial charge in [-0.1, -0.05) is 31.5 Å². The molecule has 0 aliphatic carbocycles. The van der Waals surface area contributed by atoms with Crippen LogP contribution in [0, 0.1) is 5.41 Å². The van der Waals surface area contributed by atoms with Crippen molar-refractivity contribution in [3.8, 4) is 0 Å². The van der Waals surface area contributed by atoms with Crippen LogP contribution < -0.4 is 5.32 Å². The van der Waals surface area contributed by atoms with E-state index >= 15 is 0 Å². The van der Waals surface area contributed by atoms with Crippen molar-refractivity contribution in [2.45, 2.75) is 39.7 Å². The Bertz CT molecular complexity index is 531. The first kappa shape index (κ1) is 17.1. The summed E-state index contributed by atoms with van der Waals surface area (Å²) in [5.74, 6) is 0. The van der Waals surface area contributed by atoms with E-state index in [0.29, 0.717) is 18.1 Å². The van der Waals surface area contributed by atoms with Crippen LogP contribution in [-0.2, 0) is 13.0 Å². The number of amides is 2. The molecule has 0 radical (unpaired) electrons. The molecule has 0 saturated heterocycles. The Balaban J connectivity index is 1.80. The molecule has 0 saturated carbocycles. The van der Waals surface area contributed by atoms with Gasteiger partial charge < -0.3 is 15.3 Å². The lowest BCUT2D eigenvalue weighted by Crippen LogP contribution is -2.43. The molecule has 0 bridgehead atoms. The van der Waals surface area contributed by atoms with Gasteiger partial charge in [-0.15, -0.1) is 0 Å². The van der Waals surface area contributed by atoms with Crippen molar-refractivity contribution in [1.29, 1.82) is 0 Å². The molecular weight excluding hydrogens is 300 g/mol. The van der Waals surface area contributed by atoms with Crippen LogP contribution in [0.3, 0.4) is 0 Å². The number of aliphatic hydroxyl groups excluding tert-OH is 1. The highest BCUT2D eigenvalue weighted by atomic mass is 35.5. The van der Waals surface area contributed by atoms with E-state index in [-0.39, 0.29) is 18.1 Å². The molecule has 2 rings (SSSR count). The molecule has 1 aromatic carbocycles. The number of hydrogen-bond donors (Lipinski definition) is 2. The van der Waals surface area contributed by atoms with E-state index in [4.69, 9.17) is 11.6 Å². The number of aliphatic hydroxyl groups is 1. The first-order valence-electron chi connectivity index (χ1n) is 7.82. The molecule has 4 nitrogen and oxygen atoms in total. The Labute approximate surface area is 137 Å². The van der Waals surface area contributed by atoms with Crippen LogP contribution >= 0.6 is 11.6 Å². The molecule has 5 heteroatoms. The van der Waals surface area contributed by atoms with E-state index < -0.39 is 0 Å².